The summed E-state index contributed by atoms with van der Waals surface area (Å²) in [6.07, 6.45) is 2.18. The Kier molecular flexibility index (Phi) is 2.45. The maximum absolute atomic E-state index is 13.0. The van der Waals surface area contributed by atoms with E-state index >= 15 is 0 Å². The maximum atomic E-state index is 13.0. The highest BCUT2D eigenvalue weighted by molar-refractivity contribution is 6.44. The Morgan fingerprint density at radius 2 is 2.00 bits per heavy atom. The van der Waals surface area contributed by atoms with Crippen molar-refractivity contribution < 1.29 is 4.39 Å². The van der Waals surface area contributed by atoms with Gasteiger partial charge in [-0.1, -0.05) is 23.2 Å². The van der Waals surface area contributed by atoms with Gasteiger partial charge in [-0.15, -0.1) is 0 Å². The quantitative estimate of drug-likeness (QED) is 0.609. The predicted octanol–water partition coefficient (Wildman–Crippen LogP) is 3.29. The van der Waals surface area contributed by atoms with Gasteiger partial charge in [0.1, 0.15) is 5.82 Å². The zero-order chi connectivity index (χ0) is 10.3. The monoisotopic (exact) mass is 234 g/mol. The molecule has 0 atom stereocenters. The first-order chi connectivity index (χ1) is 6.59. The van der Waals surface area contributed by atoms with E-state index in [2.05, 4.69) is 5.32 Å². The molecule has 0 saturated heterocycles. The Balaban J connectivity index is 2.40. The molecule has 0 unspecified atom stereocenters. The highest BCUT2D eigenvalue weighted by atomic mass is 35.5. The molecule has 1 saturated carbocycles. The molecule has 3 N–H and O–H groups in total. The second-order valence-corrected chi connectivity index (χ2v) is 4.13. The summed E-state index contributed by atoms with van der Waals surface area (Å²) in [5, 5.41) is 3.20. The Morgan fingerprint density at radius 1 is 1.36 bits per heavy atom. The van der Waals surface area contributed by atoms with Crippen LogP contribution in [-0.4, -0.2) is 6.04 Å². The van der Waals surface area contributed by atoms with Crippen molar-refractivity contribution in [3.05, 3.63) is 21.9 Å². The molecule has 0 radical (unpaired) electrons. The Labute approximate surface area is 91.2 Å². The van der Waals surface area contributed by atoms with E-state index < -0.39 is 5.82 Å². The highest BCUT2D eigenvalue weighted by Gasteiger charge is 2.24. The summed E-state index contributed by atoms with van der Waals surface area (Å²) in [5.41, 5.74) is 6.46. The first-order valence-electron chi connectivity index (χ1n) is 4.29. The van der Waals surface area contributed by atoms with E-state index in [-0.39, 0.29) is 10.0 Å². The number of anilines is 2. The zero-order valence-electron chi connectivity index (χ0n) is 7.28. The second kappa shape index (κ2) is 3.48. The molecule has 0 heterocycles. The Bertz CT molecular complexity index is 378. The second-order valence-electron chi connectivity index (χ2n) is 3.37. The Morgan fingerprint density at radius 3 is 2.57 bits per heavy atom. The molecule has 1 aliphatic carbocycles. The van der Waals surface area contributed by atoms with Gasteiger partial charge in [-0.3, -0.25) is 0 Å². The molecule has 0 spiro atoms. The van der Waals surface area contributed by atoms with Gasteiger partial charge in [0.15, 0.2) is 0 Å². The standard InChI is InChI=1S/C9H9Cl2FN2/c10-7-5(12)3-6(13)9(8(7)11)14-4-1-2-4/h3-4,14H,1-2,13H2. The number of benzene rings is 1. The summed E-state index contributed by atoms with van der Waals surface area (Å²) in [6.45, 7) is 0. The fraction of sp³-hybridized carbons (Fsp3) is 0.333. The predicted molar refractivity (Wildman–Crippen MR) is 57.5 cm³/mol. The SMILES string of the molecule is Nc1cc(F)c(Cl)c(Cl)c1NC1CC1. The molecule has 5 heteroatoms. The van der Waals surface area contributed by atoms with Gasteiger partial charge in [-0.05, 0) is 12.8 Å². The van der Waals surface area contributed by atoms with E-state index in [1.165, 1.54) is 6.07 Å². The Hall–Kier alpha value is -0.670. The third-order valence-electron chi connectivity index (χ3n) is 2.12. The van der Waals surface area contributed by atoms with Gasteiger partial charge in [0.05, 0.1) is 21.4 Å². The number of hydrogen-bond acceptors (Lipinski definition) is 2. The number of nitrogens with one attached hydrogen (secondary N) is 1. The van der Waals surface area contributed by atoms with E-state index in [1.807, 2.05) is 0 Å². The third kappa shape index (κ3) is 1.74. The molecular formula is C9H9Cl2FN2. The smallest absolute Gasteiger partial charge is 0.145 e. The molecule has 1 aliphatic rings. The molecule has 2 nitrogen and oxygen atoms in total. The van der Waals surface area contributed by atoms with Gasteiger partial charge in [0.2, 0.25) is 0 Å². The van der Waals surface area contributed by atoms with Gasteiger partial charge >= 0.3 is 0 Å². The summed E-state index contributed by atoms with van der Waals surface area (Å²) in [4.78, 5) is 0. The van der Waals surface area contributed by atoms with Crippen LogP contribution < -0.4 is 11.1 Å². The minimum Gasteiger partial charge on any atom is -0.397 e. The van der Waals surface area contributed by atoms with Gasteiger partial charge in [0.25, 0.3) is 0 Å². The molecule has 0 aliphatic heterocycles. The van der Waals surface area contributed by atoms with Crippen LogP contribution in [0.3, 0.4) is 0 Å². The molecule has 0 bridgehead atoms. The fourth-order valence-electron chi connectivity index (χ4n) is 1.19. The van der Waals surface area contributed by atoms with Crippen molar-refractivity contribution >= 4 is 34.6 Å². The number of nitrogens with two attached hydrogens (primary N) is 1. The highest BCUT2D eigenvalue weighted by Crippen LogP contribution is 2.39. The lowest BCUT2D eigenvalue weighted by Gasteiger charge is -2.11. The van der Waals surface area contributed by atoms with Crippen LogP contribution in [-0.2, 0) is 0 Å². The molecular weight excluding hydrogens is 226 g/mol. The lowest BCUT2D eigenvalue weighted by Crippen LogP contribution is -2.05. The van der Waals surface area contributed by atoms with E-state index in [4.69, 9.17) is 28.9 Å². The molecule has 1 fully saturated rings. The molecule has 14 heavy (non-hydrogen) atoms. The molecule has 0 aromatic heterocycles. The van der Waals surface area contributed by atoms with Crippen LogP contribution in [0.2, 0.25) is 10.0 Å². The van der Waals surface area contributed by atoms with Crippen LogP contribution in [0.4, 0.5) is 15.8 Å². The minimum absolute atomic E-state index is 0.0796. The lowest BCUT2D eigenvalue weighted by molar-refractivity contribution is 0.629. The van der Waals surface area contributed by atoms with Crippen LogP contribution in [0.25, 0.3) is 0 Å². The van der Waals surface area contributed by atoms with Crippen molar-refractivity contribution in [1.29, 1.82) is 0 Å². The van der Waals surface area contributed by atoms with Crippen molar-refractivity contribution in [1.82, 2.24) is 0 Å². The molecule has 1 aromatic rings. The van der Waals surface area contributed by atoms with Crippen LogP contribution in [0.1, 0.15) is 12.8 Å². The minimum atomic E-state index is -0.587. The summed E-state index contributed by atoms with van der Waals surface area (Å²) < 4.78 is 13.0. The summed E-state index contributed by atoms with van der Waals surface area (Å²) in [7, 11) is 0. The topological polar surface area (TPSA) is 38.0 Å². The first kappa shape index (κ1) is 9.87. The van der Waals surface area contributed by atoms with Crippen LogP contribution in [0.5, 0.6) is 0 Å². The number of halogens is 3. The number of rotatable bonds is 2. The molecule has 2 rings (SSSR count). The average Bonchev–Trinajstić information content (AvgIpc) is 2.92. The summed E-state index contributed by atoms with van der Waals surface area (Å²) >= 11 is 11.5. The first-order valence-corrected chi connectivity index (χ1v) is 5.04. The van der Waals surface area contributed by atoms with E-state index in [0.29, 0.717) is 17.4 Å². The summed E-state index contributed by atoms with van der Waals surface area (Å²) in [6, 6.07) is 1.58. The average molecular weight is 235 g/mol. The van der Waals surface area contributed by atoms with E-state index in [0.717, 1.165) is 12.8 Å². The maximum Gasteiger partial charge on any atom is 0.145 e. The zero-order valence-corrected chi connectivity index (χ0v) is 8.79. The van der Waals surface area contributed by atoms with E-state index in [9.17, 15) is 4.39 Å². The van der Waals surface area contributed by atoms with Crippen LogP contribution in [0, 0.1) is 5.82 Å². The van der Waals surface area contributed by atoms with Crippen molar-refractivity contribution in [3.63, 3.8) is 0 Å². The number of hydrogen-bond donors (Lipinski definition) is 2. The van der Waals surface area contributed by atoms with Crippen molar-refractivity contribution in [2.24, 2.45) is 0 Å². The normalized spacial score (nSPS) is 15.6. The molecule has 76 valence electrons. The molecule has 0 amide bonds. The largest absolute Gasteiger partial charge is 0.397 e. The van der Waals surface area contributed by atoms with Crippen LogP contribution in [0.15, 0.2) is 6.07 Å². The van der Waals surface area contributed by atoms with Crippen LogP contribution >= 0.6 is 23.2 Å². The fourth-order valence-corrected chi connectivity index (χ4v) is 1.59. The van der Waals surface area contributed by atoms with Gasteiger partial charge < -0.3 is 11.1 Å². The van der Waals surface area contributed by atoms with Gasteiger partial charge in [-0.25, -0.2) is 4.39 Å². The van der Waals surface area contributed by atoms with Crippen molar-refractivity contribution in [2.45, 2.75) is 18.9 Å². The summed E-state index contributed by atoms with van der Waals surface area (Å²) in [5.74, 6) is -0.587. The van der Waals surface area contributed by atoms with Crippen molar-refractivity contribution in [3.8, 4) is 0 Å². The lowest BCUT2D eigenvalue weighted by atomic mass is 10.2. The molecule has 1 aromatic carbocycles. The van der Waals surface area contributed by atoms with Gasteiger partial charge in [0, 0.05) is 12.1 Å². The van der Waals surface area contributed by atoms with Gasteiger partial charge in [-0.2, -0.15) is 0 Å². The van der Waals surface area contributed by atoms with E-state index in [1.54, 1.807) is 0 Å². The van der Waals surface area contributed by atoms with Crippen molar-refractivity contribution in [2.75, 3.05) is 11.1 Å². The third-order valence-corrected chi connectivity index (χ3v) is 2.96. The number of nitrogen functional groups attached to an aromatic ring is 1.